The maximum Gasteiger partial charge on any atom is 0.255 e. The van der Waals surface area contributed by atoms with Gasteiger partial charge in [0.05, 0.1) is 31.4 Å². The number of terminal acetylenes is 1. The van der Waals surface area contributed by atoms with Gasteiger partial charge in [0.25, 0.3) is 5.91 Å². The van der Waals surface area contributed by atoms with E-state index in [1.54, 1.807) is 18.1 Å². The van der Waals surface area contributed by atoms with Crippen LogP contribution in [-0.2, 0) is 4.74 Å². The van der Waals surface area contributed by atoms with E-state index in [4.69, 9.17) is 20.6 Å². The third-order valence-corrected chi connectivity index (χ3v) is 6.90. The molecule has 0 spiro atoms. The Labute approximate surface area is 244 Å². The van der Waals surface area contributed by atoms with Crippen molar-refractivity contribution in [1.82, 2.24) is 24.8 Å². The van der Waals surface area contributed by atoms with Crippen molar-refractivity contribution in [3.8, 4) is 29.7 Å². The Morgan fingerprint density at radius 2 is 1.88 bits per heavy atom. The second-order valence-corrected chi connectivity index (χ2v) is 9.59. The van der Waals surface area contributed by atoms with Crippen LogP contribution >= 0.6 is 0 Å². The number of rotatable bonds is 11. The standard InChI is InChI=1S/C31H32N6O5/c1-3-22-5-4-6-24(17-22)35-30-25-18-27(40-2)28(19-26(25)33-21-34-30)42-16-15-41-14-13-36-9-11-37(12-10-36)31(39)23-7-8-29(38)32-20-23/h1,4-8,17-21H,9-16H2,2H3,(H,32,38)(H,33,34,35). The molecule has 42 heavy (non-hydrogen) atoms. The van der Waals surface area contributed by atoms with Crippen LogP contribution in [0.25, 0.3) is 10.9 Å². The molecule has 1 amide bonds. The van der Waals surface area contributed by atoms with E-state index in [9.17, 15) is 9.90 Å². The van der Waals surface area contributed by atoms with E-state index in [0.29, 0.717) is 61.3 Å². The monoisotopic (exact) mass is 568 g/mol. The first-order chi connectivity index (χ1) is 20.5. The minimum atomic E-state index is -0.0983. The van der Waals surface area contributed by atoms with Crippen molar-refractivity contribution in [2.45, 2.75) is 0 Å². The Hall–Kier alpha value is -4.92. The highest BCUT2D eigenvalue weighted by atomic mass is 16.5. The van der Waals surface area contributed by atoms with Gasteiger partial charge in [-0.25, -0.2) is 15.0 Å². The molecule has 4 aromatic rings. The molecule has 1 aliphatic rings. The van der Waals surface area contributed by atoms with Gasteiger partial charge in [-0.1, -0.05) is 12.0 Å². The van der Waals surface area contributed by atoms with Gasteiger partial charge in [-0.3, -0.25) is 9.69 Å². The average Bonchev–Trinajstić information content (AvgIpc) is 3.03. The summed E-state index contributed by atoms with van der Waals surface area (Å²) >= 11 is 0. The van der Waals surface area contributed by atoms with Crippen molar-refractivity contribution in [3.05, 3.63) is 72.2 Å². The van der Waals surface area contributed by atoms with E-state index in [1.807, 2.05) is 36.4 Å². The van der Waals surface area contributed by atoms with E-state index in [-0.39, 0.29) is 11.8 Å². The molecule has 3 heterocycles. The number of carbonyl (C=O) groups is 1. The fourth-order valence-corrected chi connectivity index (χ4v) is 4.64. The lowest BCUT2D eigenvalue weighted by Gasteiger charge is -2.34. The van der Waals surface area contributed by atoms with Crippen LogP contribution in [0, 0.1) is 12.3 Å². The molecule has 1 aliphatic heterocycles. The van der Waals surface area contributed by atoms with Crippen molar-refractivity contribution in [3.63, 3.8) is 0 Å². The lowest BCUT2D eigenvalue weighted by molar-refractivity contribution is 0.0504. The summed E-state index contributed by atoms with van der Waals surface area (Å²) in [5.74, 6) is 4.22. The molecule has 1 fully saturated rings. The summed E-state index contributed by atoms with van der Waals surface area (Å²) in [5.41, 5.74) is 2.77. The predicted molar refractivity (Wildman–Crippen MR) is 158 cm³/mol. The molecule has 0 saturated carbocycles. The smallest absolute Gasteiger partial charge is 0.255 e. The number of fused-ring (bicyclic) bond motifs is 1. The topological polar surface area (TPSA) is 122 Å². The van der Waals surface area contributed by atoms with E-state index < -0.39 is 0 Å². The number of carbonyl (C=O) groups excluding carboxylic acids is 1. The van der Waals surface area contributed by atoms with Crippen LogP contribution in [0.2, 0.25) is 0 Å². The maximum atomic E-state index is 12.6. The summed E-state index contributed by atoms with van der Waals surface area (Å²) in [6.45, 7) is 4.86. The molecular formula is C31H32N6O5. The Bertz CT molecular complexity index is 1560. The van der Waals surface area contributed by atoms with E-state index in [1.165, 1.54) is 18.6 Å². The summed E-state index contributed by atoms with van der Waals surface area (Å²) in [6.07, 6.45) is 8.42. The van der Waals surface area contributed by atoms with Gasteiger partial charge in [-0.2, -0.15) is 0 Å². The number of ether oxygens (including phenoxy) is 3. The molecule has 2 N–H and O–H groups in total. The zero-order chi connectivity index (χ0) is 29.3. The third kappa shape index (κ3) is 7.04. The van der Waals surface area contributed by atoms with E-state index in [0.717, 1.165) is 36.3 Å². The molecule has 2 aromatic carbocycles. The second-order valence-electron chi connectivity index (χ2n) is 9.59. The number of pyridine rings is 1. The molecule has 0 unspecified atom stereocenters. The van der Waals surface area contributed by atoms with Gasteiger partial charge in [0.15, 0.2) is 11.5 Å². The number of nitrogens with zero attached hydrogens (tertiary/aromatic N) is 5. The number of hydrogen-bond donors (Lipinski definition) is 2. The van der Waals surface area contributed by atoms with Crippen LogP contribution in [0.3, 0.4) is 0 Å². The molecule has 0 atom stereocenters. The zero-order valence-electron chi connectivity index (χ0n) is 23.3. The number of piperazine rings is 1. The summed E-state index contributed by atoms with van der Waals surface area (Å²) in [7, 11) is 1.59. The number of methoxy groups -OCH3 is 1. The SMILES string of the molecule is C#Cc1cccc(Nc2ncnc3cc(OCCOCCN4CCN(C(=O)c5ccc(O)nc5)CC4)c(OC)cc23)c1. The van der Waals surface area contributed by atoms with E-state index in [2.05, 4.69) is 31.1 Å². The van der Waals surface area contributed by atoms with Crippen molar-refractivity contribution in [2.24, 2.45) is 0 Å². The fourth-order valence-electron chi connectivity index (χ4n) is 4.64. The van der Waals surface area contributed by atoms with Gasteiger partial charge in [0.2, 0.25) is 5.88 Å². The lowest BCUT2D eigenvalue weighted by atomic mass is 10.2. The fraction of sp³-hybridized carbons (Fsp3) is 0.290. The predicted octanol–water partition coefficient (Wildman–Crippen LogP) is 3.32. The third-order valence-electron chi connectivity index (χ3n) is 6.90. The first-order valence-electron chi connectivity index (χ1n) is 13.6. The lowest BCUT2D eigenvalue weighted by Crippen LogP contribution is -2.49. The van der Waals surface area contributed by atoms with Crippen molar-refractivity contribution < 1.29 is 24.1 Å². The Morgan fingerprint density at radius 1 is 1.02 bits per heavy atom. The Kier molecular flexibility index (Phi) is 9.28. The number of hydrogen-bond acceptors (Lipinski definition) is 10. The second kappa shape index (κ2) is 13.6. The number of aromatic nitrogens is 3. The van der Waals surface area contributed by atoms with Crippen LogP contribution in [0.4, 0.5) is 11.5 Å². The van der Waals surface area contributed by atoms with Crippen LogP contribution in [-0.4, -0.2) is 95.4 Å². The van der Waals surface area contributed by atoms with Gasteiger partial charge in [-0.05, 0) is 30.3 Å². The molecule has 1 saturated heterocycles. The highest BCUT2D eigenvalue weighted by Gasteiger charge is 2.22. The van der Waals surface area contributed by atoms with Crippen molar-refractivity contribution >= 4 is 28.3 Å². The highest BCUT2D eigenvalue weighted by Crippen LogP contribution is 2.34. The Balaban J connectivity index is 1.07. The minimum Gasteiger partial charge on any atom is -0.493 e. The molecule has 11 nitrogen and oxygen atoms in total. The largest absolute Gasteiger partial charge is 0.493 e. The average molecular weight is 569 g/mol. The number of anilines is 2. The van der Waals surface area contributed by atoms with Crippen molar-refractivity contribution in [2.75, 3.05) is 65.0 Å². The van der Waals surface area contributed by atoms with Gasteiger partial charge >= 0.3 is 0 Å². The normalized spacial score (nSPS) is 13.5. The molecule has 216 valence electrons. The summed E-state index contributed by atoms with van der Waals surface area (Å²) in [4.78, 5) is 29.3. The first-order valence-corrected chi connectivity index (χ1v) is 13.6. The van der Waals surface area contributed by atoms with Crippen LogP contribution < -0.4 is 14.8 Å². The quantitative estimate of drug-likeness (QED) is 0.206. The first kappa shape index (κ1) is 28.6. The zero-order valence-corrected chi connectivity index (χ0v) is 23.3. The molecule has 5 rings (SSSR count). The van der Waals surface area contributed by atoms with E-state index >= 15 is 0 Å². The highest BCUT2D eigenvalue weighted by molar-refractivity contribution is 5.94. The molecule has 0 bridgehead atoms. The van der Waals surface area contributed by atoms with Gasteiger partial charge < -0.3 is 29.5 Å². The number of benzene rings is 2. The summed E-state index contributed by atoms with van der Waals surface area (Å²) < 4.78 is 17.4. The summed E-state index contributed by atoms with van der Waals surface area (Å²) in [6, 6.07) is 14.2. The molecule has 2 aromatic heterocycles. The Morgan fingerprint density at radius 3 is 2.64 bits per heavy atom. The molecule has 11 heteroatoms. The summed E-state index contributed by atoms with van der Waals surface area (Å²) in [5, 5.41) is 13.4. The molecular weight excluding hydrogens is 536 g/mol. The van der Waals surface area contributed by atoms with Crippen LogP contribution in [0.15, 0.2) is 61.1 Å². The number of amides is 1. The van der Waals surface area contributed by atoms with Crippen LogP contribution in [0.1, 0.15) is 15.9 Å². The molecule has 0 radical (unpaired) electrons. The molecule has 0 aliphatic carbocycles. The number of aromatic hydroxyl groups is 1. The minimum absolute atomic E-state index is 0.0755. The maximum absolute atomic E-state index is 12.6. The number of nitrogens with one attached hydrogen (secondary N) is 1. The van der Waals surface area contributed by atoms with Gasteiger partial charge in [0.1, 0.15) is 18.8 Å². The van der Waals surface area contributed by atoms with Gasteiger partial charge in [-0.15, -0.1) is 6.42 Å². The van der Waals surface area contributed by atoms with Gasteiger partial charge in [0, 0.05) is 67.7 Å². The van der Waals surface area contributed by atoms with Crippen LogP contribution in [0.5, 0.6) is 17.4 Å². The van der Waals surface area contributed by atoms with Crippen molar-refractivity contribution in [1.29, 1.82) is 0 Å².